The maximum Gasteiger partial charge on any atom is 0.407 e. The SMILES string of the molecule is CC(C)(O)Cn1cc(CNC(=O)OC(C)(C)C)cn1. The van der Waals surface area contributed by atoms with Crippen molar-refractivity contribution in [3.05, 3.63) is 18.0 Å². The average molecular weight is 269 g/mol. The molecule has 1 rings (SSSR count). The van der Waals surface area contributed by atoms with Gasteiger partial charge in [0.15, 0.2) is 0 Å². The topological polar surface area (TPSA) is 76.4 Å². The molecule has 0 fully saturated rings. The summed E-state index contributed by atoms with van der Waals surface area (Å²) in [4.78, 5) is 11.5. The van der Waals surface area contributed by atoms with Crippen LogP contribution in [-0.2, 0) is 17.8 Å². The zero-order valence-electron chi connectivity index (χ0n) is 12.2. The second-order valence-corrected chi connectivity index (χ2v) is 6.21. The first-order valence-electron chi connectivity index (χ1n) is 6.26. The smallest absolute Gasteiger partial charge is 0.407 e. The van der Waals surface area contributed by atoms with Crippen LogP contribution in [0.3, 0.4) is 0 Å². The molecule has 2 N–H and O–H groups in total. The second-order valence-electron chi connectivity index (χ2n) is 6.21. The lowest BCUT2D eigenvalue weighted by Gasteiger charge is -2.19. The number of carbonyl (C=O) groups is 1. The van der Waals surface area contributed by atoms with E-state index in [2.05, 4.69) is 10.4 Å². The highest BCUT2D eigenvalue weighted by atomic mass is 16.6. The van der Waals surface area contributed by atoms with Crippen molar-refractivity contribution in [2.24, 2.45) is 0 Å². The minimum Gasteiger partial charge on any atom is -0.444 e. The van der Waals surface area contributed by atoms with Gasteiger partial charge < -0.3 is 15.2 Å². The van der Waals surface area contributed by atoms with Gasteiger partial charge in [0.1, 0.15) is 5.60 Å². The molecule has 6 heteroatoms. The number of rotatable bonds is 4. The molecule has 0 radical (unpaired) electrons. The first kappa shape index (κ1) is 15.5. The minimum absolute atomic E-state index is 0.348. The van der Waals surface area contributed by atoms with E-state index < -0.39 is 17.3 Å². The van der Waals surface area contributed by atoms with E-state index in [1.54, 1.807) is 30.9 Å². The van der Waals surface area contributed by atoms with Crippen molar-refractivity contribution >= 4 is 6.09 Å². The van der Waals surface area contributed by atoms with Gasteiger partial charge in [-0.15, -0.1) is 0 Å². The predicted octanol–water partition coefficient (Wildman–Crippen LogP) is 1.68. The molecule has 0 aliphatic heterocycles. The first-order valence-corrected chi connectivity index (χ1v) is 6.26. The molecule has 108 valence electrons. The van der Waals surface area contributed by atoms with E-state index in [0.717, 1.165) is 5.56 Å². The molecule has 0 saturated carbocycles. The van der Waals surface area contributed by atoms with Crippen LogP contribution in [0.2, 0.25) is 0 Å². The van der Waals surface area contributed by atoms with E-state index >= 15 is 0 Å². The number of aromatic nitrogens is 2. The highest BCUT2D eigenvalue weighted by molar-refractivity contribution is 5.67. The third kappa shape index (κ3) is 6.81. The second kappa shape index (κ2) is 5.61. The Balaban J connectivity index is 2.44. The lowest BCUT2D eigenvalue weighted by molar-refractivity contribution is 0.0520. The monoisotopic (exact) mass is 269 g/mol. The number of hydrogen-bond donors (Lipinski definition) is 2. The van der Waals surface area contributed by atoms with Crippen LogP contribution in [0.25, 0.3) is 0 Å². The molecule has 0 aliphatic carbocycles. The van der Waals surface area contributed by atoms with Crippen LogP contribution in [0, 0.1) is 0 Å². The molecule has 0 aromatic carbocycles. The summed E-state index contributed by atoms with van der Waals surface area (Å²) in [6.45, 7) is 9.62. The number of ether oxygens (including phenoxy) is 1. The van der Waals surface area contributed by atoms with Crippen molar-refractivity contribution in [1.29, 1.82) is 0 Å². The Bertz CT molecular complexity index is 427. The largest absolute Gasteiger partial charge is 0.444 e. The van der Waals surface area contributed by atoms with Crippen LogP contribution in [0.5, 0.6) is 0 Å². The molecular weight excluding hydrogens is 246 g/mol. The minimum atomic E-state index is -0.818. The van der Waals surface area contributed by atoms with Crippen molar-refractivity contribution < 1.29 is 14.6 Å². The Kier molecular flexibility index (Phi) is 4.57. The van der Waals surface area contributed by atoms with Gasteiger partial charge in [-0.05, 0) is 34.6 Å². The molecule has 0 unspecified atom stereocenters. The number of amides is 1. The van der Waals surface area contributed by atoms with Gasteiger partial charge in [0, 0.05) is 18.3 Å². The van der Waals surface area contributed by atoms with Crippen LogP contribution in [0.4, 0.5) is 4.79 Å². The van der Waals surface area contributed by atoms with E-state index in [1.807, 2.05) is 20.8 Å². The highest BCUT2D eigenvalue weighted by Gasteiger charge is 2.16. The van der Waals surface area contributed by atoms with Crippen molar-refractivity contribution in [2.45, 2.75) is 58.9 Å². The van der Waals surface area contributed by atoms with E-state index in [-0.39, 0.29) is 0 Å². The van der Waals surface area contributed by atoms with Gasteiger partial charge >= 0.3 is 6.09 Å². The van der Waals surface area contributed by atoms with Crippen LogP contribution in [-0.4, -0.2) is 32.2 Å². The van der Waals surface area contributed by atoms with Gasteiger partial charge in [0.25, 0.3) is 0 Å². The molecule has 0 atom stereocenters. The molecule has 1 heterocycles. The lowest BCUT2D eigenvalue weighted by Crippen LogP contribution is -2.32. The van der Waals surface area contributed by atoms with Gasteiger partial charge in [0.2, 0.25) is 0 Å². The van der Waals surface area contributed by atoms with E-state index in [4.69, 9.17) is 4.74 Å². The maximum atomic E-state index is 11.5. The fourth-order valence-electron chi connectivity index (χ4n) is 1.47. The third-order valence-electron chi connectivity index (χ3n) is 2.07. The Morgan fingerprint density at radius 2 is 2.05 bits per heavy atom. The van der Waals surface area contributed by atoms with E-state index in [9.17, 15) is 9.90 Å². The van der Waals surface area contributed by atoms with Crippen LogP contribution in [0.1, 0.15) is 40.2 Å². The predicted molar refractivity (Wildman–Crippen MR) is 71.6 cm³/mol. The summed E-state index contributed by atoms with van der Waals surface area (Å²) in [7, 11) is 0. The van der Waals surface area contributed by atoms with Crippen molar-refractivity contribution in [3.8, 4) is 0 Å². The number of carbonyl (C=O) groups excluding carboxylic acids is 1. The molecular formula is C13H23N3O3. The fraction of sp³-hybridized carbons (Fsp3) is 0.692. The molecule has 0 saturated heterocycles. The van der Waals surface area contributed by atoms with Crippen LogP contribution < -0.4 is 5.32 Å². The lowest BCUT2D eigenvalue weighted by atomic mass is 10.1. The summed E-state index contributed by atoms with van der Waals surface area (Å²) in [5.74, 6) is 0. The summed E-state index contributed by atoms with van der Waals surface area (Å²) in [5.41, 5.74) is -0.466. The zero-order valence-corrected chi connectivity index (χ0v) is 12.2. The standard InChI is InChI=1S/C13H23N3O3/c1-12(2,3)19-11(17)14-6-10-7-15-16(8-10)9-13(4,5)18/h7-8,18H,6,9H2,1-5H3,(H,14,17). The fourth-order valence-corrected chi connectivity index (χ4v) is 1.47. The third-order valence-corrected chi connectivity index (χ3v) is 2.07. The number of hydrogen-bond acceptors (Lipinski definition) is 4. The van der Waals surface area contributed by atoms with Crippen LogP contribution in [0.15, 0.2) is 12.4 Å². The Hall–Kier alpha value is -1.56. The molecule has 0 aliphatic rings. The molecule has 6 nitrogen and oxygen atoms in total. The molecule has 1 aromatic rings. The maximum absolute atomic E-state index is 11.5. The van der Waals surface area contributed by atoms with E-state index in [1.165, 1.54) is 0 Å². The molecule has 1 amide bonds. The molecule has 0 spiro atoms. The number of nitrogens with zero attached hydrogens (tertiary/aromatic N) is 2. The quantitative estimate of drug-likeness (QED) is 0.872. The molecule has 0 bridgehead atoms. The molecule has 1 aromatic heterocycles. The van der Waals surface area contributed by atoms with Crippen molar-refractivity contribution in [2.75, 3.05) is 0 Å². The highest BCUT2D eigenvalue weighted by Crippen LogP contribution is 2.08. The Labute approximate surface area is 113 Å². The number of nitrogens with one attached hydrogen (secondary N) is 1. The Morgan fingerprint density at radius 1 is 1.42 bits per heavy atom. The summed E-state index contributed by atoms with van der Waals surface area (Å²) in [6, 6.07) is 0. The average Bonchev–Trinajstić information content (AvgIpc) is 2.57. The van der Waals surface area contributed by atoms with Crippen molar-refractivity contribution in [3.63, 3.8) is 0 Å². The Morgan fingerprint density at radius 3 is 2.58 bits per heavy atom. The van der Waals surface area contributed by atoms with Gasteiger partial charge in [-0.3, -0.25) is 4.68 Å². The van der Waals surface area contributed by atoms with Gasteiger partial charge in [-0.2, -0.15) is 5.10 Å². The van der Waals surface area contributed by atoms with Gasteiger partial charge in [-0.25, -0.2) is 4.79 Å². The van der Waals surface area contributed by atoms with E-state index in [0.29, 0.717) is 13.1 Å². The zero-order chi connectivity index (χ0) is 14.7. The summed E-state index contributed by atoms with van der Waals surface area (Å²) >= 11 is 0. The van der Waals surface area contributed by atoms with Gasteiger partial charge in [0.05, 0.1) is 18.3 Å². The normalized spacial score (nSPS) is 12.3. The molecule has 19 heavy (non-hydrogen) atoms. The van der Waals surface area contributed by atoms with Gasteiger partial charge in [-0.1, -0.05) is 0 Å². The number of alkyl carbamates (subject to hydrolysis) is 1. The van der Waals surface area contributed by atoms with Crippen LogP contribution >= 0.6 is 0 Å². The summed E-state index contributed by atoms with van der Waals surface area (Å²) in [5, 5.41) is 16.4. The summed E-state index contributed by atoms with van der Waals surface area (Å²) < 4.78 is 6.77. The number of aliphatic hydroxyl groups is 1. The first-order chi connectivity index (χ1) is 8.55. The summed E-state index contributed by atoms with van der Waals surface area (Å²) in [6.07, 6.45) is 2.99. The van der Waals surface area contributed by atoms with Crippen molar-refractivity contribution in [1.82, 2.24) is 15.1 Å².